The van der Waals surface area contributed by atoms with Gasteiger partial charge >= 0.3 is 0 Å². The van der Waals surface area contributed by atoms with Crippen LogP contribution >= 0.6 is 23.2 Å². The lowest BCUT2D eigenvalue weighted by Gasteiger charge is -2.22. The minimum absolute atomic E-state index is 0.500. The molecule has 1 N–H and O–H groups in total. The minimum atomic E-state index is 0.500. The van der Waals surface area contributed by atoms with E-state index in [1.165, 1.54) is 12.8 Å². The van der Waals surface area contributed by atoms with Crippen molar-refractivity contribution in [1.29, 1.82) is 0 Å². The summed E-state index contributed by atoms with van der Waals surface area (Å²) in [7, 11) is 0. The molecule has 1 aromatic carbocycles. The molecule has 96 valence electrons. The van der Waals surface area contributed by atoms with E-state index < -0.39 is 0 Å². The van der Waals surface area contributed by atoms with Crippen molar-refractivity contribution in [1.82, 2.24) is 5.32 Å². The normalized spacial score (nSPS) is 13.1. The lowest BCUT2D eigenvalue weighted by Crippen LogP contribution is -2.32. The highest BCUT2D eigenvalue weighted by Crippen LogP contribution is 2.21. The van der Waals surface area contributed by atoms with Crippen molar-refractivity contribution in [3.05, 3.63) is 33.8 Å². The fourth-order valence-electron chi connectivity index (χ4n) is 2.11. The summed E-state index contributed by atoms with van der Waals surface area (Å²) in [6, 6.07) is 6.09. The molecular weight excluding hydrogens is 253 g/mol. The van der Waals surface area contributed by atoms with Crippen LogP contribution in [0, 0.1) is 5.92 Å². The van der Waals surface area contributed by atoms with Crippen LogP contribution in [0.3, 0.4) is 0 Å². The highest BCUT2D eigenvalue weighted by atomic mass is 35.5. The molecule has 0 radical (unpaired) electrons. The van der Waals surface area contributed by atoms with Crippen molar-refractivity contribution in [3.63, 3.8) is 0 Å². The van der Waals surface area contributed by atoms with E-state index >= 15 is 0 Å². The molecule has 0 fully saturated rings. The highest BCUT2D eigenvalue weighted by molar-refractivity contribution is 6.33. The van der Waals surface area contributed by atoms with Crippen LogP contribution in [0.1, 0.15) is 39.2 Å². The zero-order chi connectivity index (χ0) is 12.8. The summed E-state index contributed by atoms with van der Waals surface area (Å²) in [6.45, 7) is 7.48. The molecule has 1 nitrogen and oxygen atoms in total. The summed E-state index contributed by atoms with van der Waals surface area (Å²) >= 11 is 12.1. The number of benzene rings is 1. The molecule has 0 spiro atoms. The molecule has 3 heteroatoms. The number of rotatable bonds is 6. The number of nitrogens with one attached hydrogen (secondary N) is 1. The second-order valence-corrected chi connectivity index (χ2v) is 5.33. The first-order valence-corrected chi connectivity index (χ1v) is 7.01. The number of halogens is 2. The molecule has 0 bridgehead atoms. The molecular formula is C14H21Cl2N. The molecule has 1 aromatic rings. The second-order valence-electron chi connectivity index (χ2n) is 4.48. The molecule has 0 amide bonds. The van der Waals surface area contributed by atoms with Crippen molar-refractivity contribution in [2.24, 2.45) is 5.92 Å². The Morgan fingerprint density at radius 2 is 1.82 bits per heavy atom. The molecule has 0 heterocycles. The van der Waals surface area contributed by atoms with Gasteiger partial charge in [0.25, 0.3) is 0 Å². The first-order valence-electron chi connectivity index (χ1n) is 6.25. The van der Waals surface area contributed by atoms with Crippen molar-refractivity contribution in [2.75, 3.05) is 0 Å². The zero-order valence-corrected chi connectivity index (χ0v) is 12.3. The molecule has 0 aliphatic heterocycles. The second kappa shape index (κ2) is 7.25. The lowest BCUT2D eigenvalue weighted by atomic mass is 9.95. The Morgan fingerprint density at radius 1 is 1.18 bits per heavy atom. The summed E-state index contributed by atoms with van der Waals surface area (Å²) in [5.74, 6) is 0.716. The van der Waals surface area contributed by atoms with Crippen molar-refractivity contribution >= 4 is 23.2 Å². The smallest absolute Gasteiger partial charge is 0.0451 e. The van der Waals surface area contributed by atoms with Crippen LogP contribution in [0.4, 0.5) is 0 Å². The molecule has 17 heavy (non-hydrogen) atoms. The van der Waals surface area contributed by atoms with E-state index in [0.29, 0.717) is 12.0 Å². The largest absolute Gasteiger partial charge is 0.310 e. The van der Waals surface area contributed by atoms with E-state index in [-0.39, 0.29) is 0 Å². The molecule has 1 atom stereocenters. The molecule has 0 saturated carbocycles. The van der Waals surface area contributed by atoms with Gasteiger partial charge in [-0.3, -0.25) is 0 Å². The third-order valence-corrected chi connectivity index (χ3v) is 3.98. The average Bonchev–Trinajstić information content (AvgIpc) is 2.32. The van der Waals surface area contributed by atoms with Gasteiger partial charge in [-0.1, -0.05) is 49.9 Å². The third-order valence-electron chi connectivity index (χ3n) is 3.38. The van der Waals surface area contributed by atoms with Crippen molar-refractivity contribution in [2.45, 2.75) is 46.2 Å². The average molecular weight is 274 g/mol. The van der Waals surface area contributed by atoms with E-state index in [1.54, 1.807) is 0 Å². The maximum atomic E-state index is 6.13. The van der Waals surface area contributed by atoms with Gasteiger partial charge in [-0.15, -0.1) is 0 Å². The van der Waals surface area contributed by atoms with Crippen LogP contribution in [0.5, 0.6) is 0 Å². The summed E-state index contributed by atoms with van der Waals surface area (Å²) in [6.07, 6.45) is 2.40. The van der Waals surface area contributed by atoms with Gasteiger partial charge in [0.2, 0.25) is 0 Å². The lowest BCUT2D eigenvalue weighted by molar-refractivity contribution is 0.353. The van der Waals surface area contributed by atoms with E-state index in [0.717, 1.165) is 22.2 Å². The molecule has 0 aromatic heterocycles. The minimum Gasteiger partial charge on any atom is -0.310 e. The van der Waals surface area contributed by atoms with E-state index in [2.05, 4.69) is 26.1 Å². The van der Waals surface area contributed by atoms with Crippen LogP contribution in [0.25, 0.3) is 0 Å². The van der Waals surface area contributed by atoms with Gasteiger partial charge in [0.15, 0.2) is 0 Å². The fraction of sp³-hybridized carbons (Fsp3) is 0.571. The Labute approximate surface area is 115 Å². The van der Waals surface area contributed by atoms with E-state index in [4.69, 9.17) is 23.2 Å². The molecule has 1 rings (SSSR count). The Hall–Kier alpha value is -0.240. The molecule has 0 saturated heterocycles. The van der Waals surface area contributed by atoms with Crippen LogP contribution in [-0.2, 0) is 6.54 Å². The predicted molar refractivity (Wildman–Crippen MR) is 76.8 cm³/mol. The van der Waals surface area contributed by atoms with Gasteiger partial charge < -0.3 is 5.32 Å². The SMILES string of the molecule is CCC(CC)C(C)NCc1cc(Cl)ccc1Cl. The topological polar surface area (TPSA) is 12.0 Å². The van der Waals surface area contributed by atoms with Crippen LogP contribution in [0.2, 0.25) is 10.0 Å². The van der Waals surface area contributed by atoms with Crippen LogP contribution in [-0.4, -0.2) is 6.04 Å². The molecule has 0 aliphatic rings. The predicted octanol–water partition coefficient (Wildman–Crippen LogP) is 4.91. The first-order chi connectivity index (χ1) is 8.08. The standard InChI is InChI=1S/C14H21Cl2N/c1-4-11(5-2)10(3)17-9-12-8-13(15)6-7-14(12)16/h6-8,10-11,17H,4-5,9H2,1-3H3. The van der Waals surface area contributed by atoms with Gasteiger partial charge in [-0.2, -0.15) is 0 Å². The molecule has 1 unspecified atom stereocenters. The fourth-order valence-corrected chi connectivity index (χ4v) is 2.49. The zero-order valence-electron chi connectivity index (χ0n) is 10.8. The Morgan fingerprint density at radius 3 is 2.41 bits per heavy atom. The van der Waals surface area contributed by atoms with Gasteiger partial charge in [0.05, 0.1) is 0 Å². The maximum Gasteiger partial charge on any atom is 0.0451 e. The quantitative estimate of drug-likeness (QED) is 0.777. The van der Waals surface area contributed by atoms with Crippen LogP contribution in [0.15, 0.2) is 18.2 Å². The monoisotopic (exact) mass is 273 g/mol. The highest BCUT2D eigenvalue weighted by Gasteiger charge is 2.13. The molecule has 0 aliphatic carbocycles. The number of hydrogen-bond donors (Lipinski definition) is 1. The van der Waals surface area contributed by atoms with Gasteiger partial charge in [0.1, 0.15) is 0 Å². The summed E-state index contributed by atoms with van der Waals surface area (Å²) in [5.41, 5.74) is 1.07. The summed E-state index contributed by atoms with van der Waals surface area (Å²) < 4.78 is 0. The van der Waals surface area contributed by atoms with Gasteiger partial charge in [-0.05, 0) is 36.6 Å². The maximum absolute atomic E-state index is 6.13. The van der Waals surface area contributed by atoms with E-state index in [1.807, 2.05) is 18.2 Å². The van der Waals surface area contributed by atoms with Gasteiger partial charge in [-0.25, -0.2) is 0 Å². The van der Waals surface area contributed by atoms with Crippen molar-refractivity contribution < 1.29 is 0 Å². The Balaban J connectivity index is 2.57. The van der Waals surface area contributed by atoms with Gasteiger partial charge in [0, 0.05) is 22.6 Å². The number of hydrogen-bond acceptors (Lipinski definition) is 1. The summed E-state index contributed by atoms with van der Waals surface area (Å²) in [4.78, 5) is 0. The Bertz CT molecular complexity index is 348. The van der Waals surface area contributed by atoms with Crippen molar-refractivity contribution in [3.8, 4) is 0 Å². The van der Waals surface area contributed by atoms with Crippen LogP contribution < -0.4 is 5.32 Å². The Kier molecular flexibility index (Phi) is 6.32. The van der Waals surface area contributed by atoms with E-state index in [9.17, 15) is 0 Å². The summed E-state index contributed by atoms with van der Waals surface area (Å²) in [5, 5.41) is 5.04. The third kappa shape index (κ3) is 4.50. The first kappa shape index (κ1) is 14.8.